The van der Waals surface area contributed by atoms with E-state index in [0.717, 1.165) is 23.1 Å². The summed E-state index contributed by atoms with van der Waals surface area (Å²) in [5.41, 5.74) is 6.94. The number of hydrogen-bond donors (Lipinski definition) is 0. The number of Topliss-reactive ketones (excluding diaryl/α,β-unsaturated/α-hetero) is 1. The zero-order valence-corrected chi connectivity index (χ0v) is 12.8. The van der Waals surface area contributed by atoms with E-state index < -0.39 is 0 Å². The maximum atomic E-state index is 12.5. The molecule has 0 aromatic heterocycles. The molecule has 0 N–H and O–H groups in total. The Hall–Kier alpha value is -1.89. The van der Waals surface area contributed by atoms with Gasteiger partial charge < -0.3 is 0 Å². The molecule has 0 bridgehead atoms. The summed E-state index contributed by atoms with van der Waals surface area (Å²) in [5.74, 6) is 0.251. The van der Waals surface area contributed by atoms with Gasteiger partial charge >= 0.3 is 0 Å². The number of ketones is 1. The Morgan fingerprint density at radius 2 is 1.40 bits per heavy atom. The van der Waals surface area contributed by atoms with Crippen LogP contribution < -0.4 is 0 Å². The van der Waals surface area contributed by atoms with Crippen LogP contribution in [0.1, 0.15) is 44.6 Å². The molecule has 104 valence electrons. The van der Waals surface area contributed by atoms with Crippen LogP contribution in [0.4, 0.5) is 0 Å². The van der Waals surface area contributed by atoms with Crippen molar-refractivity contribution in [2.75, 3.05) is 0 Å². The highest BCUT2D eigenvalue weighted by atomic mass is 16.1. The Bertz CT molecular complexity index is 618. The Morgan fingerprint density at radius 3 is 2.05 bits per heavy atom. The summed E-state index contributed by atoms with van der Waals surface area (Å²) in [4.78, 5) is 12.5. The molecule has 20 heavy (non-hydrogen) atoms. The number of aryl methyl sites for hydroxylation is 4. The molecule has 1 nitrogen and oxygen atoms in total. The summed E-state index contributed by atoms with van der Waals surface area (Å²) < 4.78 is 0. The topological polar surface area (TPSA) is 17.1 Å². The van der Waals surface area contributed by atoms with Gasteiger partial charge in [-0.05, 0) is 61.9 Å². The van der Waals surface area contributed by atoms with Gasteiger partial charge in [0.1, 0.15) is 0 Å². The molecule has 2 rings (SSSR count). The zero-order valence-electron chi connectivity index (χ0n) is 12.8. The third-order valence-corrected chi connectivity index (χ3v) is 4.10. The molecule has 0 saturated carbocycles. The van der Waals surface area contributed by atoms with Gasteiger partial charge in [-0.2, -0.15) is 0 Å². The van der Waals surface area contributed by atoms with E-state index in [1.807, 2.05) is 32.0 Å². The molecule has 0 saturated heterocycles. The average molecular weight is 266 g/mol. The lowest BCUT2D eigenvalue weighted by Crippen LogP contribution is -2.06. The minimum Gasteiger partial charge on any atom is -0.294 e. The second kappa shape index (κ2) is 6.04. The van der Waals surface area contributed by atoms with Crippen molar-refractivity contribution in [2.24, 2.45) is 0 Å². The normalized spacial score (nSPS) is 10.6. The first-order chi connectivity index (χ1) is 9.50. The summed E-state index contributed by atoms with van der Waals surface area (Å²) in [7, 11) is 0. The van der Waals surface area contributed by atoms with Crippen molar-refractivity contribution in [3.05, 3.63) is 69.8 Å². The van der Waals surface area contributed by atoms with Gasteiger partial charge in [-0.15, -0.1) is 0 Å². The molecule has 0 aliphatic heterocycles. The number of hydrogen-bond acceptors (Lipinski definition) is 1. The van der Waals surface area contributed by atoms with Gasteiger partial charge in [0.2, 0.25) is 0 Å². The van der Waals surface area contributed by atoms with E-state index in [9.17, 15) is 4.79 Å². The van der Waals surface area contributed by atoms with Crippen molar-refractivity contribution in [3.8, 4) is 0 Å². The highest BCUT2D eigenvalue weighted by Crippen LogP contribution is 2.19. The molecule has 1 heteroatoms. The minimum absolute atomic E-state index is 0.251. The van der Waals surface area contributed by atoms with Crippen LogP contribution in [0.2, 0.25) is 0 Å². The number of benzene rings is 2. The standard InChI is InChI=1S/C19H22O/c1-13-7-6-10-17(16(13)4)11-12-18(20)19-14(2)8-5-9-15(19)3/h5-10H,11-12H2,1-4H3. The maximum absolute atomic E-state index is 12.5. The molecule has 0 atom stereocenters. The molecule has 0 radical (unpaired) electrons. The van der Waals surface area contributed by atoms with Crippen LogP contribution in [-0.2, 0) is 6.42 Å². The van der Waals surface area contributed by atoms with E-state index in [0.29, 0.717) is 6.42 Å². The lowest BCUT2D eigenvalue weighted by atomic mass is 9.93. The average Bonchev–Trinajstić information content (AvgIpc) is 2.40. The second-order valence-corrected chi connectivity index (χ2v) is 5.55. The van der Waals surface area contributed by atoms with Crippen LogP contribution in [0.5, 0.6) is 0 Å². The van der Waals surface area contributed by atoms with E-state index in [1.165, 1.54) is 16.7 Å². The third-order valence-electron chi connectivity index (χ3n) is 4.10. The third kappa shape index (κ3) is 2.98. The van der Waals surface area contributed by atoms with Crippen LogP contribution in [0.15, 0.2) is 36.4 Å². The first-order valence-corrected chi connectivity index (χ1v) is 7.15. The molecule has 0 fully saturated rings. The number of carbonyl (C=O) groups is 1. The summed E-state index contributed by atoms with van der Waals surface area (Å²) in [6.07, 6.45) is 1.40. The van der Waals surface area contributed by atoms with Crippen molar-refractivity contribution < 1.29 is 4.79 Å². The minimum atomic E-state index is 0.251. The van der Waals surface area contributed by atoms with Gasteiger partial charge in [0.15, 0.2) is 5.78 Å². The summed E-state index contributed by atoms with van der Waals surface area (Å²) in [6.45, 7) is 8.27. The van der Waals surface area contributed by atoms with Gasteiger partial charge in [0.25, 0.3) is 0 Å². The zero-order chi connectivity index (χ0) is 14.7. The van der Waals surface area contributed by atoms with Crippen LogP contribution in [0, 0.1) is 27.7 Å². The largest absolute Gasteiger partial charge is 0.294 e. The van der Waals surface area contributed by atoms with Crippen LogP contribution in [0.3, 0.4) is 0 Å². The molecule has 0 aliphatic carbocycles. The predicted octanol–water partition coefficient (Wildman–Crippen LogP) is 4.74. The van der Waals surface area contributed by atoms with Gasteiger partial charge in [-0.1, -0.05) is 36.4 Å². The lowest BCUT2D eigenvalue weighted by Gasteiger charge is -2.10. The number of rotatable bonds is 4. The lowest BCUT2D eigenvalue weighted by molar-refractivity contribution is 0.0981. The van der Waals surface area contributed by atoms with E-state index in [-0.39, 0.29) is 5.78 Å². The molecule has 0 aliphatic rings. The SMILES string of the molecule is Cc1cccc(CCC(=O)c2c(C)cccc2C)c1C. The van der Waals surface area contributed by atoms with E-state index in [2.05, 4.69) is 32.0 Å². The fourth-order valence-electron chi connectivity index (χ4n) is 2.71. The first-order valence-electron chi connectivity index (χ1n) is 7.15. The molecular formula is C19H22O. The van der Waals surface area contributed by atoms with Gasteiger partial charge in [-0.25, -0.2) is 0 Å². The fourth-order valence-corrected chi connectivity index (χ4v) is 2.71. The summed E-state index contributed by atoms with van der Waals surface area (Å²) >= 11 is 0. The van der Waals surface area contributed by atoms with Gasteiger partial charge in [0, 0.05) is 12.0 Å². The Morgan fingerprint density at radius 1 is 0.850 bits per heavy atom. The molecule has 0 unspecified atom stereocenters. The first kappa shape index (κ1) is 14.5. The van der Waals surface area contributed by atoms with Crippen LogP contribution in [-0.4, -0.2) is 5.78 Å². The van der Waals surface area contributed by atoms with Crippen LogP contribution in [0.25, 0.3) is 0 Å². The van der Waals surface area contributed by atoms with E-state index in [4.69, 9.17) is 0 Å². The van der Waals surface area contributed by atoms with Crippen molar-refractivity contribution in [1.82, 2.24) is 0 Å². The monoisotopic (exact) mass is 266 g/mol. The van der Waals surface area contributed by atoms with Gasteiger partial charge in [0.05, 0.1) is 0 Å². The number of carbonyl (C=O) groups excluding carboxylic acids is 1. The maximum Gasteiger partial charge on any atom is 0.163 e. The van der Waals surface area contributed by atoms with E-state index in [1.54, 1.807) is 0 Å². The van der Waals surface area contributed by atoms with E-state index >= 15 is 0 Å². The molecule has 2 aromatic rings. The summed E-state index contributed by atoms with van der Waals surface area (Å²) in [6, 6.07) is 12.3. The molecular weight excluding hydrogens is 244 g/mol. The van der Waals surface area contributed by atoms with Gasteiger partial charge in [-0.3, -0.25) is 4.79 Å². The highest BCUT2D eigenvalue weighted by Gasteiger charge is 2.12. The Balaban J connectivity index is 2.15. The Labute approximate surface area is 121 Å². The van der Waals surface area contributed by atoms with Crippen molar-refractivity contribution in [3.63, 3.8) is 0 Å². The molecule has 2 aromatic carbocycles. The smallest absolute Gasteiger partial charge is 0.163 e. The van der Waals surface area contributed by atoms with Crippen molar-refractivity contribution in [1.29, 1.82) is 0 Å². The molecule has 0 amide bonds. The Kier molecular flexibility index (Phi) is 4.39. The highest BCUT2D eigenvalue weighted by molar-refractivity contribution is 5.98. The fraction of sp³-hybridized carbons (Fsp3) is 0.316. The van der Waals surface area contributed by atoms with Crippen molar-refractivity contribution in [2.45, 2.75) is 40.5 Å². The molecule has 0 spiro atoms. The van der Waals surface area contributed by atoms with Crippen molar-refractivity contribution >= 4 is 5.78 Å². The van der Waals surface area contributed by atoms with Crippen LogP contribution >= 0.6 is 0 Å². The quantitative estimate of drug-likeness (QED) is 0.731. The predicted molar refractivity (Wildman–Crippen MR) is 84.5 cm³/mol. The summed E-state index contributed by atoms with van der Waals surface area (Å²) in [5, 5.41) is 0. The second-order valence-electron chi connectivity index (χ2n) is 5.55. The molecule has 0 heterocycles.